The molecular formula is C16H16FNOS. The molecule has 0 saturated heterocycles. The predicted molar refractivity (Wildman–Crippen MR) is 80.8 cm³/mol. The number of nitrogens with one attached hydrogen (secondary N) is 1. The van der Waals surface area contributed by atoms with Gasteiger partial charge in [-0.05, 0) is 42.8 Å². The van der Waals surface area contributed by atoms with E-state index in [-0.39, 0.29) is 11.9 Å². The minimum atomic E-state index is -0.196. The van der Waals surface area contributed by atoms with Gasteiger partial charge in [0.05, 0.1) is 0 Å². The van der Waals surface area contributed by atoms with Crippen LogP contribution in [0.2, 0.25) is 0 Å². The molecule has 2 nitrogen and oxygen atoms in total. The van der Waals surface area contributed by atoms with Crippen LogP contribution in [0.3, 0.4) is 0 Å². The molecule has 0 fully saturated rings. The predicted octanol–water partition coefficient (Wildman–Crippen LogP) is 4.50. The van der Waals surface area contributed by atoms with Gasteiger partial charge in [-0.1, -0.05) is 13.0 Å². The highest BCUT2D eigenvalue weighted by Crippen LogP contribution is 2.34. The lowest BCUT2D eigenvalue weighted by Crippen LogP contribution is -2.15. The minimum absolute atomic E-state index is 0.00996. The molecule has 4 heteroatoms. The maximum Gasteiger partial charge on any atom is 0.126 e. The summed E-state index contributed by atoms with van der Waals surface area (Å²) in [5, 5.41) is 4.33. The molecule has 3 aromatic rings. The summed E-state index contributed by atoms with van der Waals surface area (Å²) >= 11 is 1.59. The molecule has 0 spiro atoms. The number of hydrogen-bond acceptors (Lipinski definition) is 3. The molecule has 1 atom stereocenters. The van der Waals surface area contributed by atoms with Gasteiger partial charge in [-0.25, -0.2) is 4.39 Å². The van der Waals surface area contributed by atoms with Gasteiger partial charge < -0.3 is 9.73 Å². The number of aryl methyl sites for hydroxylation is 1. The first kappa shape index (κ1) is 13.3. The third-order valence-electron chi connectivity index (χ3n) is 3.39. The third-order valence-corrected chi connectivity index (χ3v) is 4.55. The van der Waals surface area contributed by atoms with E-state index in [1.807, 2.05) is 25.2 Å². The smallest absolute Gasteiger partial charge is 0.126 e. The number of furan rings is 1. The van der Waals surface area contributed by atoms with Gasteiger partial charge in [0.2, 0.25) is 0 Å². The van der Waals surface area contributed by atoms with Gasteiger partial charge in [0.1, 0.15) is 23.4 Å². The second-order valence-electron chi connectivity index (χ2n) is 4.71. The Morgan fingerprint density at radius 1 is 1.25 bits per heavy atom. The van der Waals surface area contributed by atoms with Gasteiger partial charge in [0, 0.05) is 16.0 Å². The quantitative estimate of drug-likeness (QED) is 0.764. The van der Waals surface area contributed by atoms with Crippen molar-refractivity contribution in [3.8, 4) is 0 Å². The molecule has 0 saturated carbocycles. The first-order chi connectivity index (χ1) is 9.71. The number of rotatable bonds is 4. The fourth-order valence-corrected chi connectivity index (χ4v) is 3.54. The zero-order valence-corrected chi connectivity index (χ0v) is 12.3. The van der Waals surface area contributed by atoms with Crippen molar-refractivity contribution in [3.05, 3.63) is 58.6 Å². The summed E-state index contributed by atoms with van der Waals surface area (Å²) in [5.41, 5.74) is 0. The summed E-state index contributed by atoms with van der Waals surface area (Å²) in [5.74, 6) is 1.68. The summed E-state index contributed by atoms with van der Waals surface area (Å²) in [6.07, 6.45) is 0.883. The van der Waals surface area contributed by atoms with Crippen molar-refractivity contribution in [2.45, 2.75) is 19.4 Å². The Kier molecular flexibility index (Phi) is 3.59. The molecule has 0 bridgehead atoms. The maximum absolute atomic E-state index is 13.3. The first-order valence-electron chi connectivity index (χ1n) is 6.66. The molecule has 0 aliphatic rings. The zero-order valence-electron chi connectivity index (χ0n) is 11.4. The van der Waals surface area contributed by atoms with Crippen LogP contribution < -0.4 is 5.32 Å². The van der Waals surface area contributed by atoms with Crippen LogP contribution in [0.5, 0.6) is 0 Å². The van der Waals surface area contributed by atoms with Crippen molar-refractivity contribution in [1.29, 1.82) is 0 Å². The highest BCUT2D eigenvalue weighted by atomic mass is 32.1. The van der Waals surface area contributed by atoms with E-state index in [9.17, 15) is 4.39 Å². The first-order valence-corrected chi connectivity index (χ1v) is 7.47. The number of fused-ring (bicyclic) bond motifs is 1. The minimum Gasteiger partial charge on any atom is -0.464 e. The summed E-state index contributed by atoms with van der Waals surface area (Å²) < 4.78 is 20.1. The van der Waals surface area contributed by atoms with E-state index in [1.165, 1.54) is 6.07 Å². The lowest BCUT2D eigenvalue weighted by atomic mass is 10.1. The molecule has 0 aliphatic heterocycles. The maximum atomic E-state index is 13.3. The summed E-state index contributed by atoms with van der Waals surface area (Å²) in [4.78, 5) is 1.13. The van der Waals surface area contributed by atoms with Crippen LogP contribution in [0.4, 0.5) is 4.39 Å². The average Bonchev–Trinajstić information content (AvgIpc) is 3.06. The SMILES string of the molecule is CCc1ccc(C(NC)c2cc3ccc(F)cc3s2)o1. The molecule has 104 valence electrons. The fraction of sp³-hybridized carbons (Fsp3) is 0.250. The second kappa shape index (κ2) is 5.38. The number of benzene rings is 1. The molecule has 1 aromatic carbocycles. The van der Waals surface area contributed by atoms with Crippen LogP contribution in [0.25, 0.3) is 10.1 Å². The summed E-state index contributed by atoms with van der Waals surface area (Å²) in [6.45, 7) is 2.07. The molecule has 1 N–H and O–H groups in total. The largest absolute Gasteiger partial charge is 0.464 e. The molecule has 20 heavy (non-hydrogen) atoms. The highest BCUT2D eigenvalue weighted by Gasteiger charge is 2.18. The molecule has 0 amide bonds. The van der Waals surface area contributed by atoms with Crippen LogP contribution in [0, 0.1) is 5.82 Å². The van der Waals surface area contributed by atoms with Gasteiger partial charge in [0.25, 0.3) is 0 Å². The van der Waals surface area contributed by atoms with Gasteiger partial charge in [0.15, 0.2) is 0 Å². The van der Waals surface area contributed by atoms with Crippen LogP contribution in [-0.4, -0.2) is 7.05 Å². The number of halogens is 1. The second-order valence-corrected chi connectivity index (χ2v) is 5.83. The molecule has 2 heterocycles. The molecule has 2 aromatic heterocycles. The van der Waals surface area contributed by atoms with Crippen LogP contribution in [0.1, 0.15) is 29.4 Å². The Bertz CT molecular complexity index is 731. The van der Waals surface area contributed by atoms with Crippen molar-refractivity contribution in [3.63, 3.8) is 0 Å². The zero-order chi connectivity index (χ0) is 14.1. The topological polar surface area (TPSA) is 25.2 Å². The van der Waals surface area contributed by atoms with Crippen LogP contribution >= 0.6 is 11.3 Å². The van der Waals surface area contributed by atoms with E-state index in [4.69, 9.17) is 4.42 Å². The van der Waals surface area contributed by atoms with E-state index in [0.717, 1.165) is 32.9 Å². The number of thiophene rings is 1. The Balaban J connectivity index is 2.02. The molecule has 0 aliphatic carbocycles. The number of hydrogen-bond donors (Lipinski definition) is 1. The van der Waals surface area contributed by atoms with Crippen molar-refractivity contribution in [2.24, 2.45) is 0 Å². The standard InChI is InChI=1S/C16H16FNOS/c1-3-12-6-7-13(19-12)16(18-2)15-8-10-4-5-11(17)9-14(10)20-15/h4-9,16,18H,3H2,1-2H3. The van der Waals surface area contributed by atoms with Gasteiger partial charge in [-0.3, -0.25) is 0 Å². The van der Waals surface area contributed by atoms with E-state index in [0.29, 0.717) is 0 Å². The molecule has 0 radical (unpaired) electrons. The van der Waals surface area contributed by atoms with Crippen molar-refractivity contribution in [2.75, 3.05) is 7.05 Å². The van der Waals surface area contributed by atoms with Gasteiger partial charge >= 0.3 is 0 Å². The Hall–Kier alpha value is -1.65. The normalized spacial score (nSPS) is 12.9. The monoisotopic (exact) mass is 289 g/mol. The van der Waals surface area contributed by atoms with Crippen LogP contribution in [-0.2, 0) is 6.42 Å². The van der Waals surface area contributed by atoms with Crippen LogP contribution in [0.15, 0.2) is 40.8 Å². The van der Waals surface area contributed by atoms with Gasteiger partial charge in [-0.2, -0.15) is 0 Å². The average molecular weight is 289 g/mol. The van der Waals surface area contributed by atoms with Crippen molar-refractivity contribution < 1.29 is 8.81 Å². The van der Waals surface area contributed by atoms with E-state index >= 15 is 0 Å². The lowest BCUT2D eigenvalue weighted by molar-refractivity contribution is 0.436. The highest BCUT2D eigenvalue weighted by molar-refractivity contribution is 7.19. The van der Waals surface area contributed by atoms with Gasteiger partial charge in [-0.15, -0.1) is 11.3 Å². The Morgan fingerprint density at radius 2 is 2.10 bits per heavy atom. The molecular weight excluding hydrogens is 273 g/mol. The third kappa shape index (κ3) is 2.37. The Morgan fingerprint density at radius 3 is 2.80 bits per heavy atom. The van der Waals surface area contributed by atoms with Crippen molar-refractivity contribution in [1.82, 2.24) is 5.32 Å². The van der Waals surface area contributed by atoms with E-state index < -0.39 is 0 Å². The fourth-order valence-electron chi connectivity index (χ4n) is 2.33. The molecule has 3 rings (SSSR count). The van der Waals surface area contributed by atoms with E-state index in [1.54, 1.807) is 17.4 Å². The summed E-state index contributed by atoms with van der Waals surface area (Å²) in [6, 6.07) is 11.0. The van der Waals surface area contributed by atoms with Crippen molar-refractivity contribution >= 4 is 21.4 Å². The molecule has 1 unspecified atom stereocenters. The summed E-state index contributed by atoms with van der Waals surface area (Å²) in [7, 11) is 1.91. The van der Waals surface area contributed by atoms with E-state index in [2.05, 4.69) is 18.3 Å². The lowest BCUT2D eigenvalue weighted by Gasteiger charge is -2.11. The Labute approximate surface area is 121 Å².